The first-order chi connectivity index (χ1) is 16.6. The molecule has 0 aliphatic carbocycles. The van der Waals surface area contributed by atoms with Gasteiger partial charge in [-0.15, -0.1) is 0 Å². The smallest absolute Gasteiger partial charge is 0.251 e. The molecule has 0 radical (unpaired) electrons. The molecule has 1 amide bonds. The number of nitrogens with one attached hydrogen (secondary N) is 1. The third kappa shape index (κ3) is 4.25. The minimum atomic E-state index is -0.191. The van der Waals surface area contributed by atoms with E-state index in [2.05, 4.69) is 51.2 Å². The lowest BCUT2D eigenvalue weighted by Crippen LogP contribution is -2.37. The van der Waals surface area contributed by atoms with Crippen LogP contribution in [0.4, 0.5) is 11.6 Å². The standard InChI is InChI=1S/C26H24N6O2/c1-18-8-10-20(11-9-18)23-16-24(19-6-4-3-5-7-19)32-26(28-29-30-32)31(23)17-25(33)27-21-12-14-22(34-2)15-13-21/h3-16,24H,17H2,1-2H3,(H,27,33)/t24-/m0/s1. The second kappa shape index (κ2) is 9.19. The predicted molar refractivity (Wildman–Crippen MR) is 131 cm³/mol. The van der Waals surface area contributed by atoms with Crippen LogP contribution < -0.4 is 15.0 Å². The number of hydrogen-bond donors (Lipinski definition) is 1. The Balaban J connectivity index is 1.50. The highest BCUT2D eigenvalue weighted by atomic mass is 16.5. The quantitative estimate of drug-likeness (QED) is 0.475. The molecule has 1 aromatic heterocycles. The maximum Gasteiger partial charge on any atom is 0.251 e. The molecule has 5 rings (SSSR count). The molecule has 1 atom stereocenters. The number of ether oxygens (including phenoxy) is 1. The Hall–Kier alpha value is -4.46. The molecule has 0 bridgehead atoms. The SMILES string of the molecule is COc1ccc(NC(=O)CN2C(c3ccc(C)cc3)=C[C@@H](c3ccccc3)n3nnnc32)cc1. The van der Waals surface area contributed by atoms with Gasteiger partial charge in [-0.1, -0.05) is 65.3 Å². The monoisotopic (exact) mass is 452 g/mol. The molecular weight excluding hydrogens is 428 g/mol. The number of hydrogen-bond acceptors (Lipinski definition) is 6. The van der Waals surface area contributed by atoms with Crippen molar-refractivity contribution in [3.63, 3.8) is 0 Å². The summed E-state index contributed by atoms with van der Waals surface area (Å²) in [6.45, 7) is 2.10. The number of aryl methyl sites for hydroxylation is 1. The van der Waals surface area contributed by atoms with E-state index >= 15 is 0 Å². The van der Waals surface area contributed by atoms with Crippen molar-refractivity contribution >= 4 is 23.2 Å². The molecular formula is C26H24N6O2. The first kappa shape index (κ1) is 21.4. The molecule has 1 N–H and O–H groups in total. The normalized spacial score (nSPS) is 14.8. The maximum atomic E-state index is 13.1. The molecule has 2 heterocycles. The second-order valence-electron chi connectivity index (χ2n) is 8.06. The van der Waals surface area contributed by atoms with Gasteiger partial charge >= 0.3 is 0 Å². The average Bonchev–Trinajstić information content (AvgIpc) is 3.36. The number of amides is 1. The fourth-order valence-electron chi connectivity index (χ4n) is 4.00. The van der Waals surface area contributed by atoms with Gasteiger partial charge in [0.2, 0.25) is 5.91 Å². The van der Waals surface area contributed by atoms with Gasteiger partial charge in [-0.05, 0) is 58.8 Å². The van der Waals surface area contributed by atoms with E-state index in [-0.39, 0.29) is 18.5 Å². The van der Waals surface area contributed by atoms with Crippen molar-refractivity contribution in [1.82, 2.24) is 20.2 Å². The van der Waals surface area contributed by atoms with Crippen LogP contribution in [0.5, 0.6) is 5.75 Å². The minimum absolute atomic E-state index is 0.0492. The number of tetrazole rings is 1. The topological polar surface area (TPSA) is 85.2 Å². The van der Waals surface area contributed by atoms with E-state index in [4.69, 9.17) is 4.74 Å². The highest BCUT2D eigenvalue weighted by Crippen LogP contribution is 2.36. The lowest BCUT2D eigenvalue weighted by molar-refractivity contribution is -0.114. The molecule has 34 heavy (non-hydrogen) atoms. The average molecular weight is 453 g/mol. The van der Waals surface area contributed by atoms with Crippen LogP contribution >= 0.6 is 0 Å². The fourth-order valence-corrected chi connectivity index (χ4v) is 4.00. The van der Waals surface area contributed by atoms with E-state index in [0.717, 1.165) is 28.1 Å². The Morgan fingerprint density at radius 2 is 1.74 bits per heavy atom. The summed E-state index contributed by atoms with van der Waals surface area (Å²) in [7, 11) is 1.61. The summed E-state index contributed by atoms with van der Waals surface area (Å²) in [5.41, 5.74) is 4.76. The zero-order valence-electron chi connectivity index (χ0n) is 18.9. The predicted octanol–water partition coefficient (Wildman–Crippen LogP) is 4.08. The molecule has 3 aromatic carbocycles. The third-order valence-electron chi connectivity index (χ3n) is 5.75. The summed E-state index contributed by atoms with van der Waals surface area (Å²) in [4.78, 5) is 14.9. The largest absolute Gasteiger partial charge is 0.497 e. The van der Waals surface area contributed by atoms with Gasteiger partial charge < -0.3 is 10.1 Å². The molecule has 0 spiro atoms. The molecule has 0 fully saturated rings. The zero-order chi connectivity index (χ0) is 23.5. The Morgan fingerprint density at radius 1 is 1.00 bits per heavy atom. The number of rotatable bonds is 6. The summed E-state index contributed by atoms with van der Waals surface area (Å²) in [5, 5.41) is 15.4. The number of fused-ring (bicyclic) bond motifs is 1. The van der Waals surface area contributed by atoms with Gasteiger partial charge in [0.1, 0.15) is 18.3 Å². The van der Waals surface area contributed by atoms with Crippen LogP contribution in [0.1, 0.15) is 22.7 Å². The highest BCUT2D eigenvalue weighted by molar-refractivity contribution is 5.97. The zero-order valence-corrected chi connectivity index (χ0v) is 18.9. The van der Waals surface area contributed by atoms with Crippen molar-refractivity contribution in [2.24, 2.45) is 0 Å². The maximum absolute atomic E-state index is 13.1. The van der Waals surface area contributed by atoms with Gasteiger partial charge in [-0.25, -0.2) is 0 Å². The first-order valence-electron chi connectivity index (χ1n) is 11.0. The van der Waals surface area contributed by atoms with E-state index in [0.29, 0.717) is 11.6 Å². The number of anilines is 2. The Morgan fingerprint density at radius 3 is 2.44 bits per heavy atom. The number of carbonyl (C=O) groups excluding carboxylic acids is 1. The molecule has 170 valence electrons. The third-order valence-corrected chi connectivity index (χ3v) is 5.75. The number of carbonyl (C=O) groups is 1. The van der Waals surface area contributed by atoms with E-state index in [1.165, 1.54) is 0 Å². The van der Waals surface area contributed by atoms with Crippen molar-refractivity contribution in [1.29, 1.82) is 0 Å². The van der Waals surface area contributed by atoms with Crippen LogP contribution in [0.2, 0.25) is 0 Å². The fraction of sp³-hybridized carbons (Fsp3) is 0.154. The van der Waals surface area contributed by atoms with Crippen molar-refractivity contribution in [3.8, 4) is 5.75 Å². The second-order valence-corrected chi connectivity index (χ2v) is 8.06. The summed E-state index contributed by atoms with van der Waals surface area (Å²) in [5.74, 6) is 1.05. The molecule has 0 saturated heterocycles. The molecule has 1 aliphatic heterocycles. The van der Waals surface area contributed by atoms with Gasteiger partial charge in [0.25, 0.3) is 5.95 Å². The van der Waals surface area contributed by atoms with Crippen LogP contribution in [0, 0.1) is 6.92 Å². The number of allylic oxidation sites excluding steroid dienone is 1. The van der Waals surface area contributed by atoms with Gasteiger partial charge in [-0.2, -0.15) is 4.68 Å². The van der Waals surface area contributed by atoms with Crippen LogP contribution in [0.15, 0.2) is 84.9 Å². The summed E-state index contributed by atoms with van der Waals surface area (Å²) in [6, 6.07) is 25.3. The van der Waals surface area contributed by atoms with Gasteiger partial charge in [0.15, 0.2) is 0 Å². The van der Waals surface area contributed by atoms with Gasteiger partial charge in [0.05, 0.1) is 12.8 Å². The van der Waals surface area contributed by atoms with E-state index in [1.54, 1.807) is 36.1 Å². The van der Waals surface area contributed by atoms with Crippen molar-refractivity contribution in [3.05, 3.63) is 102 Å². The highest BCUT2D eigenvalue weighted by Gasteiger charge is 2.31. The molecule has 0 saturated carbocycles. The Labute approximate surface area is 197 Å². The van der Waals surface area contributed by atoms with Crippen LogP contribution in [0.3, 0.4) is 0 Å². The first-order valence-corrected chi connectivity index (χ1v) is 11.0. The summed E-state index contributed by atoms with van der Waals surface area (Å²) >= 11 is 0. The molecule has 1 aliphatic rings. The summed E-state index contributed by atoms with van der Waals surface area (Å²) < 4.78 is 6.93. The molecule has 8 nitrogen and oxygen atoms in total. The van der Waals surface area contributed by atoms with Crippen molar-refractivity contribution in [2.75, 3.05) is 23.9 Å². The van der Waals surface area contributed by atoms with Crippen LogP contribution in [0.25, 0.3) is 5.70 Å². The van der Waals surface area contributed by atoms with E-state index < -0.39 is 0 Å². The number of benzene rings is 3. The number of methoxy groups -OCH3 is 1. The Kier molecular flexibility index (Phi) is 5.78. The number of aromatic nitrogens is 4. The van der Waals surface area contributed by atoms with Gasteiger partial charge in [0, 0.05) is 5.69 Å². The van der Waals surface area contributed by atoms with Crippen molar-refractivity contribution < 1.29 is 9.53 Å². The van der Waals surface area contributed by atoms with Crippen LogP contribution in [-0.4, -0.2) is 39.8 Å². The van der Waals surface area contributed by atoms with Gasteiger partial charge in [-0.3, -0.25) is 9.69 Å². The lowest BCUT2D eigenvalue weighted by Gasteiger charge is -2.32. The Bertz CT molecular complexity index is 1310. The lowest BCUT2D eigenvalue weighted by atomic mass is 10.00. The molecule has 0 unspecified atom stereocenters. The van der Waals surface area contributed by atoms with E-state index in [9.17, 15) is 4.79 Å². The molecule has 4 aromatic rings. The molecule has 8 heteroatoms. The van der Waals surface area contributed by atoms with Crippen molar-refractivity contribution in [2.45, 2.75) is 13.0 Å². The summed E-state index contributed by atoms with van der Waals surface area (Å²) in [6.07, 6.45) is 2.10. The minimum Gasteiger partial charge on any atom is -0.497 e. The number of nitrogens with zero attached hydrogens (tertiary/aromatic N) is 5. The van der Waals surface area contributed by atoms with E-state index in [1.807, 2.05) is 42.2 Å². The van der Waals surface area contributed by atoms with Crippen LogP contribution in [-0.2, 0) is 4.79 Å².